The maximum Gasteiger partial charge on any atom is 0.186 e. The fraction of sp³-hybridized carbons (Fsp3) is 0.417. The first-order valence-electron chi connectivity index (χ1n) is 6.29. The van der Waals surface area contributed by atoms with Crippen molar-refractivity contribution < 1.29 is 4.79 Å². The van der Waals surface area contributed by atoms with Crippen LogP contribution in [0.15, 0.2) is 29.0 Å². The first-order chi connectivity index (χ1) is 9.54. The quantitative estimate of drug-likeness (QED) is 0.551. The molecule has 0 spiro atoms. The molecule has 0 fully saturated rings. The second-order valence-electron chi connectivity index (χ2n) is 3.80. The maximum atomic E-state index is 12.1. The Hall–Kier alpha value is 1.14. The van der Waals surface area contributed by atoms with Crippen LogP contribution < -0.4 is 0 Å². The average Bonchev–Trinajstić information content (AvgIpc) is 2.46. The monoisotopic (exact) mass is 383 g/mol. The molecule has 0 amide bonds. The fourth-order valence-electron chi connectivity index (χ4n) is 1.40. The number of hydrogen-bond donors (Lipinski definition) is 0. The van der Waals surface area contributed by atoms with Crippen molar-refractivity contribution in [2.75, 3.05) is 0 Å². The Morgan fingerprint density at radius 3 is 2.35 bits per heavy atom. The van der Waals surface area contributed by atoms with Crippen LogP contribution in [0.25, 0.3) is 0 Å². The lowest BCUT2D eigenvalue weighted by atomic mass is 10.1. The first kappa shape index (κ1) is 21.1. The maximum absolute atomic E-state index is 12.1. The van der Waals surface area contributed by atoms with E-state index < -0.39 is 7.30 Å². The number of nitrogens with zero attached hydrogens (tertiary/aromatic N) is 1. The van der Waals surface area contributed by atoms with Crippen molar-refractivity contribution in [3.63, 3.8) is 0 Å². The van der Waals surface area contributed by atoms with Crippen molar-refractivity contribution in [3.05, 3.63) is 35.4 Å². The van der Waals surface area contributed by atoms with E-state index in [1.54, 1.807) is 0 Å². The first-order valence-corrected chi connectivity index (χ1v) is 15.4. The van der Waals surface area contributed by atoms with Crippen molar-refractivity contribution in [2.45, 2.75) is 33.2 Å². The minimum atomic E-state index is -0.727. The molecule has 8 heteroatoms. The van der Waals surface area contributed by atoms with Gasteiger partial charge in [0.25, 0.3) is 0 Å². The fourth-order valence-corrected chi connectivity index (χ4v) is 4.63. The number of carbonyl (C=O) groups is 1. The summed E-state index contributed by atoms with van der Waals surface area (Å²) in [6.45, 7) is 6.06. The van der Waals surface area contributed by atoms with E-state index in [2.05, 4.69) is 62.7 Å². The summed E-state index contributed by atoms with van der Waals surface area (Å²) in [7, 11) is 8.77. The van der Waals surface area contributed by atoms with E-state index in [1.807, 2.05) is 13.8 Å². The van der Waals surface area contributed by atoms with Gasteiger partial charge in [-0.15, -0.1) is 8.93 Å². The van der Waals surface area contributed by atoms with Gasteiger partial charge in [0.2, 0.25) is 0 Å². The van der Waals surface area contributed by atoms with E-state index in [4.69, 9.17) is 0 Å². The van der Waals surface area contributed by atoms with E-state index in [0.29, 0.717) is 14.4 Å². The molecule has 5 atom stereocenters. The highest BCUT2D eigenvalue weighted by Gasteiger charge is 2.20. The lowest BCUT2D eigenvalue weighted by molar-refractivity contribution is -0.112. The Morgan fingerprint density at radius 2 is 1.90 bits per heavy atom. The molecule has 1 rings (SSSR count). The van der Waals surface area contributed by atoms with Gasteiger partial charge in [-0.2, -0.15) is 0 Å². The van der Waals surface area contributed by atoms with Crippen molar-refractivity contribution in [2.24, 2.45) is 4.74 Å². The highest BCUT2D eigenvalue weighted by molar-refractivity contribution is 8.50. The number of carbonyl (C=O) groups excluding carboxylic acids is 1. The third-order valence-corrected chi connectivity index (χ3v) is 6.92. The molecule has 5 unspecified atom stereocenters. The molecular weight excluding hydrogens is 360 g/mol. The number of benzene rings is 1. The van der Waals surface area contributed by atoms with Crippen LogP contribution in [0.3, 0.4) is 0 Å². The summed E-state index contributed by atoms with van der Waals surface area (Å²) in [4.78, 5) is 12.1. The second-order valence-corrected chi connectivity index (χ2v) is 14.6. The molecule has 1 aromatic carbocycles. The molecule has 0 aromatic heterocycles. The van der Waals surface area contributed by atoms with Gasteiger partial charge in [-0.1, -0.05) is 61.5 Å². The second kappa shape index (κ2) is 12.7. The molecule has 0 aliphatic rings. The van der Waals surface area contributed by atoms with E-state index in [9.17, 15) is 4.79 Å². The summed E-state index contributed by atoms with van der Waals surface area (Å²) in [5, 5.41) is 0. The molecule has 1 aromatic rings. The Morgan fingerprint density at radius 1 is 1.35 bits per heavy atom. The van der Waals surface area contributed by atoms with Gasteiger partial charge in [-0.05, 0) is 20.4 Å². The van der Waals surface area contributed by atoms with Crippen LogP contribution in [-0.2, 0) is 11.2 Å². The van der Waals surface area contributed by atoms with Gasteiger partial charge in [-0.3, -0.25) is 9.54 Å². The molecule has 0 radical (unpaired) electrons. The molecule has 0 bridgehead atoms. The van der Waals surface area contributed by atoms with E-state index in [-0.39, 0.29) is 11.6 Å². The zero-order valence-corrected chi connectivity index (χ0v) is 18.3. The zero-order valence-electron chi connectivity index (χ0n) is 12.1. The molecule has 0 N–H and O–H groups in total. The standard InChI is InChI=1S/C10H17NOP6.C2H6/c1-7-2-4-8(5-3-7)6-9(11-16-17-13)10(12)18(14)15;1-2/h2-5,9,17H,6,13-15H2,1H3;1-2H3. The molecule has 0 heterocycles. The van der Waals surface area contributed by atoms with Crippen LogP contribution in [-0.4, -0.2) is 11.6 Å². The Balaban J connectivity index is 0.00000172. The van der Waals surface area contributed by atoms with Crippen LogP contribution >= 0.6 is 50.1 Å². The predicted molar refractivity (Wildman–Crippen MR) is 109 cm³/mol. The van der Waals surface area contributed by atoms with Gasteiger partial charge in [0.1, 0.15) is 6.04 Å². The summed E-state index contributed by atoms with van der Waals surface area (Å²) < 4.78 is 4.48. The molecule has 0 saturated heterocycles. The summed E-state index contributed by atoms with van der Waals surface area (Å²) in [6, 6.07) is 8.12. The Kier molecular flexibility index (Phi) is 13.4. The predicted octanol–water partition coefficient (Wildman–Crippen LogP) is 6.03. The molecule has 20 heavy (non-hydrogen) atoms. The molecule has 0 aliphatic carbocycles. The van der Waals surface area contributed by atoms with Crippen molar-refractivity contribution in [1.29, 1.82) is 0 Å². The van der Waals surface area contributed by atoms with E-state index in [0.717, 1.165) is 8.06 Å². The summed E-state index contributed by atoms with van der Waals surface area (Å²) in [6.07, 6.45) is 0.711. The average molecular weight is 383 g/mol. The molecule has 112 valence electrons. The highest BCUT2D eigenvalue weighted by Crippen LogP contribution is 2.55. The minimum Gasteiger partial charge on any atom is -0.291 e. The van der Waals surface area contributed by atoms with Gasteiger partial charge in [0.15, 0.2) is 5.52 Å². The van der Waals surface area contributed by atoms with Crippen molar-refractivity contribution >= 4 is 55.6 Å². The SMILES string of the molecule is CC.Cc1ccc(CC(N=PPP)C(=O)P(P)P)cc1. The van der Waals surface area contributed by atoms with Crippen molar-refractivity contribution in [3.8, 4) is 0 Å². The Labute approximate surface area is 134 Å². The van der Waals surface area contributed by atoms with Crippen LogP contribution in [0, 0.1) is 6.92 Å². The number of rotatable bonds is 6. The minimum absolute atomic E-state index is 0.205. The van der Waals surface area contributed by atoms with Crippen LogP contribution in [0.4, 0.5) is 0 Å². The highest BCUT2D eigenvalue weighted by atomic mass is 32.4. The number of aryl methyl sites for hydroxylation is 1. The van der Waals surface area contributed by atoms with Gasteiger partial charge in [0, 0.05) is 21.8 Å². The normalized spacial score (nSPS) is 12.8. The lowest BCUT2D eigenvalue weighted by Gasteiger charge is -2.13. The topological polar surface area (TPSA) is 29.4 Å². The van der Waals surface area contributed by atoms with Gasteiger partial charge in [-0.25, -0.2) is 0 Å². The Bertz CT molecular complexity index is 420. The largest absolute Gasteiger partial charge is 0.291 e. The summed E-state index contributed by atoms with van der Waals surface area (Å²) >= 11 is 0. The van der Waals surface area contributed by atoms with Crippen LogP contribution in [0.2, 0.25) is 0 Å². The van der Waals surface area contributed by atoms with Gasteiger partial charge >= 0.3 is 0 Å². The molecule has 2 nitrogen and oxygen atoms in total. The third kappa shape index (κ3) is 8.55. The zero-order chi connectivity index (χ0) is 15.5. The molecule has 0 saturated carbocycles. The third-order valence-electron chi connectivity index (χ3n) is 2.34. The van der Waals surface area contributed by atoms with Crippen molar-refractivity contribution in [1.82, 2.24) is 0 Å². The molecule has 0 aliphatic heterocycles. The smallest absolute Gasteiger partial charge is 0.186 e. The van der Waals surface area contributed by atoms with Gasteiger partial charge < -0.3 is 0 Å². The van der Waals surface area contributed by atoms with Crippen LogP contribution in [0.5, 0.6) is 0 Å². The summed E-state index contributed by atoms with van der Waals surface area (Å²) in [5.41, 5.74) is 2.65. The van der Waals surface area contributed by atoms with E-state index in [1.165, 1.54) is 11.1 Å². The van der Waals surface area contributed by atoms with E-state index >= 15 is 0 Å². The van der Waals surface area contributed by atoms with Gasteiger partial charge in [0.05, 0.1) is 0 Å². The number of hydrogen-bond acceptors (Lipinski definition) is 2. The van der Waals surface area contributed by atoms with Crippen LogP contribution in [0.1, 0.15) is 25.0 Å². The molecular formula is C12H23NOP6. The summed E-state index contributed by atoms with van der Waals surface area (Å²) in [5.74, 6) is 0. The lowest BCUT2D eigenvalue weighted by Crippen LogP contribution is -2.16.